The Balaban J connectivity index is 1.06. The first-order valence-electron chi connectivity index (χ1n) is 15.4. The molecule has 2 aliphatic heterocycles. The van der Waals surface area contributed by atoms with Crippen molar-refractivity contribution in [2.45, 2.75) is 0 Å². The Bertz CT molecular complexity index is 2320. The van der Waals surface area contributed by atoms with E-state index in [0.717, 1.165) is 36.4 Å². The van der Waals surface area contributed by atoms with E-state index in [2.05, 4.69) is 0 Å². The van der Waals surface area contributed by atoms with Crippen molar-refractivity contribution in [2.75, 3.05) is 9.80 Å². The lowest BCUT2D eigenvalue weighted by molar-refractivity contribution is 0.0676. The van der Waals surface area contributed by atoms with Gasteiger partial charge in [0, 0.05) is 0 Å². The molecule has 0 aliphatic carbocycles. The third-order valence-electron chi connectivity index (χ3n) is 8.35. The van der Waals surface area contributed by atoms with Gasteiger partial charge < -0.3 is 29.9 Å². The molecule has 16 heteroatoms. The largest absolute Gasteiger partial charge is 0.478 e. The van der Waals surface area contributed by atoms with Crippen LogP contribution in [0.25, 0.3) is 0 Å². The fourth-order valence-electron chi connectivity index (χ4n) is 5.86. The molecule has 5 aromatic rings. The zero-order valence-electron chi connectivity index (χ0n) is 27.0. The molecule has 0 unspecified atom stereocenters. The van der Waals surface area contributed by atoms with E-state index < -0.39 is 69.8 Å². The summed E-state index contributed by atoms with van der Waals surface area (Å²) in [6.07, 6.45) is 0. The van der Waals surface area contributed by atoms with Gasteiger partial charge in [0.2, 0.25) is 0 Å². The van der Waals surface area contributed by atoms with Crippen LogP contribution in [0.15, 0.2) is 97.1 Å². The molecule has 7 rings (SSSR count). The summed E-state index contributed by atoms with van der Waals surface area (Å²) in [5.74, 6) is -8.12. The van der Waals surface area contributed by atoms with Gasteiger partial charge in [-0.2, -0.15) is 0 Å². The molecule has 0 saturated carbocycles. The lowest BCUT2D eigenvalue weighted by atomic mass is 10.1. The number of carboxylic acids is 4. The van der Waals surface area contributed by atoms with Gasteiger partial charge in [-0.25, -0.2) is 29.0 Å². The molecular weight excluding hydrogens is 708 g/mol. The van der Waals surface area contributed by atoms with E-state index in [1.807, 2.05) is 0 Å². The fourth-order valence-corrected chi connectivity index (χ4v) is 5.86. The van der Waals surface area contributed by atoms with E-state index in [9.17, 15) is 58.8 Å². The summed E-state index contributed by atoms with van der Waals surface area (Å²) < 4.78 is 11.7. The number of anilines is 2. The molecule has 0 spiro atoms. The molecule has 0 fully saturated rings. The minimum Gasteiger partial charge on any atom is -0.478 e. The number of benzene rings is 5. The summed E-state index contributed by atoms with van der Waals surface area (Å²) in [6.45, 7) is 0. The van der Waals surface area contributed by atoms with E-state index in [1.165, 1.54) is 60.7 Å². The third kappa shape index (κ3) is 6.00. The summed E-state index contributed by atoms with van der Waals surface area (Å²) in [5, 5.41) is 37.6. The van der Waals surface area contributed by atoms with Crippen molar-refractivity contribution in [2.24, 2.45) is 0 Å². The number of hydrogen-bond acceptors (Lipinski definition) is 10. The van der Waals surface area contributed by atoms with Gasteiger partial charge in [0.25, 0.3) is 23.6 Å². The number of hydrogen-bond donors (Lipinski definition) is 4. The Kier molecular flexibility index (Phi) is 8.18. The molecule has 2 aliphatic rings. The first-order chi connectivity index (χ1) is 25.7. The Morgan fingerprint density at radius 3 is 0.944 bits per heavy atom. The highest BCUT2D eigenvalue weighted by Crippen LogP contribution is 2.36. The summed E-state index contributed by atoms with van der Waals surface area (Å²) in [6, 6.07) is 20.2. The van der Waals surface area contributed by atoms with Crippen LogP contribution in [0.3, 0.4) is 0 Å². The van der Waals surface area contributed by atoms with Crippen molar-refractivity contribution in [3.8, 4) is 23.0 Å². The van der Waals surface area contributed by atoms with Crippen LogP contribution in [0.2, 0.25) is 0 Å². The molecule has 2 heterocycles. The molecule has 0 bridgehead atoms. The first-order valence-corrected chi connectivity index (χ1v) is 15.4. The predicted molar refractivity (Wildman–Crippen MR) is 182 cm³/mol. The summed E-state index contributed by atoms with van der Waals surface area (Å²) in [5.41, 5.74) is -2.31. The van der Waals surface area contributed by atoms with Crippen LogP contribution in [-0.2, 0) is 0 Å². The van der Waals surface area contributed by atoms with Gasteiger partial charge in [0.05, 0.1) is 55.9 Å². The average Bonchev–Trinajstić information content (AvgIpc) is 3.54. The van der Waals surface area contributed by atoms with Crippen LogP contribution in [0.1, 0.15) is 82.9 Å². The van der Waals surface area contributed by atoms with Crippen molar-refractivity contribution in [1.29, 1.82) is 0 Å². The fraction of sp³-hybridized carbons (Fsp3) is 0. The summed E-state index contributed by atoms with van der Waals surface area (Å²) in [7, 11) is 0. The van der Waals surface area contributed by atoms with Gasteiger partial charge in [0.1, 0.15) is 23.0 Å². The minimum absolute atomic E-state index is 0.00913. The van der Waals surface area contributed by atoms with E-state index in [4.69, 9.17) is 9.47 Å². The number of amides is 4. The molecule has 54 heavy (non-hydrogen) atoms. The molecule has 5 aromatic carbocycles. The minimum atomic E-state index is -1.45. The number of imide groups is 2. The maximum atomic E-state index is 13.3. The van der Waals surface area contributed by atoms with Gasteiger partial charge >= 0.3 is 23.9 Å². The number of ether oxygens (including phenoxy) is 2. The molecule has 0 atom stereocenters. The number of carbonyl (C=O) groups excluding carboxylic acids is 4. The highest BCUT2D eigenvalue weighted by atomic mass is 16.5. The van der Waals surface area contributed by atoms with Crippen LogP contribution in [0.4, 0.5) is 11.4 Å². The topological polar surface area (TPSA) is 242 Å². The summed E-state index contributed by atoms with van der Waals surface area (Å²) >= 11 is 0. The first kappa shape index (κ1) is 34.3. The number of fused-ring (bicyclic) bond motifs is 2. The quantitative estimate of drug-likeness (QED) is 0.127. The molecule has 4 amide bonds. The molecule has 0 aromatic heterocycles. The van der Waals surface area contributed by atoms with E-state index in [-0.39, 0.29) is 56.6 Å². The van der Waals surface area contributed by atoms with Crippen LogP contribution in [0.5, 0.6) is 23.0 Å². The zero-order valence-corrected chi connectivity index (χ0v) is 27.0. The van der Waals surface area contributed by atoms with Crippen molar-refractivity contribution in [1.82, 2.24) is 0 Å². The normalized spacial score (nSPS) is 13.1. The maximum Gasteiger partial charge on any atom is 0.335 e. The van der Waals surface area contributed by atoms with E-state index in [0.29, 0.717) is 9.80 Å². The standard InChI is InChI=1S/C38H20N2O14/c41-31-27-7-5-25(15-29(27)33(43)39(31)21-11-17(35(45)46)9-18(12-21)36(47)48)53-23-1-2-24(4-3-23)54-26-6-8-28-30(16-26)34(44)40(32(28)42)22-13-19(37(49)50)10-20(14-22)38(51)52/h1-16H,(H,45,46)(H,47,48)(H,49,50)(H,51,52). The summed E-state index contributed by atoms with van der Waals surface area (Å²) in [4.78, 5) is 101. The smallest absolute Gasteiger partial charge is 0.335 e. The van der Waals surface area contributed by atoms with Crippen LogP contribution < -0.4 is 19.3 Å². The number of carbonyl (C=O) groups is 8. The molecular formula is C38H20N2O14. The molecule has 4 N–H and O–H groups in total. The van der Waals surface area contributed by atoms with E-state index in [1.54, 1.807) is 0 Å². The third-order valence-corrected chi connectivity index (χ3v) is 8.35. The van der Waals surface area contributed by atoms with Gasteiger partial charge in [-0.3, -0.25) is 19.2 Å². The Hall–Kier alpha value is -8.14. The number of nitrogens with zero attached hydrogens (tertiary/aromatic N) is 2. The highest BCUT2D eigenvalue weighted by molar-refractivity contribution is 6.35. The Morgan fingerprint density at radius 1 is 0.370 bits per heavy atom. The molecule has 266 valence electrons. The van der Waals surface area contributed by atoms with Crippen molar-refractivity contribution in [3.63, 3.8) is 0 Å². The Labute approximate surface area is 301 Å². The lowest BCUT2D eigenvalue weighted by Crippen LogP contribution is -2.29. The van der Waals surface area contributed by atoms with Crippen molar-refractivity contribution in [3.05, 3.63) is 142 Å². The van der Waals surface area contributed by atoms with Crippen molar-refractivity contribution < 1.29 is 68.3 Å². The number of aromatic carboxylic acids is 4. The maximum absolute atomic E-state index is 13.3. The number of rotatable bonds is 10. The molecule has 16 nitrogen and oxygen atoms in total. The van der Waals surface area contributed by atoms with Crippen LogP contribution >= 0.6 is 0 Å². The number of carboxylic acid groups (broad SMARTS) is 4. The lowest BCUT2D eigenvalue weighted by Gasteiger charge is -2.15. The van der Waals surface area contributed by atoms with Gasteiger partial charge in [-0.05, 0) is 97.1 Å². The second kappa shape index (κ2) is 12.9. The van der Waals surface area contributed by atoms with Gasteiger partial charge in [-0.15, -0.1) is 0 Å². The SMILES string of the molecule is O=C(O)c1cc(C(=O)O)cc(N2C(=O)c3ccc(Oc4ccc(Oc5ccc6c(c5)C(=O)N(c5cc(C(=O)O)cc(C(=O)O)c5)C6=O)cc4)cc3C2=O)c1. The monoisotopic (exact) mass is 728 g/mol. The van der Waals surface area contributed by atoms with E-state index >= 15 is 0 Å². The van der Waals surface area contributed by atoms with Gasteiger partial charge in [0.15, 0.2) is 0 Å². The van der Waals surface area contributed by atoms with Crippen LogP contribution in [-0.4, -0.2) is 67.9 Å². The zero-order chi connectivity index (χ0) is 38.6. The average molecular weight is 729 g/mol. The van der Waals surface area contributed by atoms with Crippen molar-refractivity contribution >= 4 is 58.9 Å². The second-order valence-electron chi connectivity index (χ2n) is 11.7. The second-order valence-corrected chi connectivity index (χ2v) is 11.7. The molecule has 0 radical (unpaired) electrons. The van der Waals surface area contributed by atoms with Gasteiger partial charge in [-0.1, -0.05) is 0 Å². The Morgan fingerprint density at radius 2 is 0.648 bits per heavy atom. The highest BCUT2D eigenvalue weighted by Gasteiger charge is 2.39. The van der Waals surface area contributed by atoms with Crippen LogP contribution in [0, 0.1) is 0 Å². The molecule has 0 saturated heterocycles. The predicted octanol–water partition coefficient (Wildman–Crippen LogP) is 5.67.